The van der Waals surface area contributed by atoms with Crippen molar-refractivity contribution in [3.8, 4) is 0 Å². The number of benzene rings is 1. The molecule has 0 unspecified atom stereocenters. The summed E-state index contributed by atoms with van der Waals surface area (Å²) >= 11 is 2.39. The third kappa shape index (κ3) is 7.81. The van der Waals surface area contributed by atoms with Crippen molar-refractivity contribution in [2.45, 2.75) is 58.8 Å². The quantitative estimate of drug-likeness (QED) is 0.283. The number of halogens is 3. The van der Waals surface area contributed by atoms with E-state index in [1.807, 2.05) is 0 Å². The summed E-state index contributed by atoms with van der Waals surface area (Å²) in [5.74, 6) is 0. The van der Waals surface area contributed by atoms with Gasteiger partial charge < -0.3 is 37.2 Å². The van der Waals surface area contributed by atoms with Crippen LogP contribution in [0.1, 0.15) is 58.8 Å². The third-order valence-electron chi connectivity index (χ3n) is 4.35. The Kier molecular flexibility index (Phi) is 16.3. The minimum absolute atomic E-state index is 0. The molecule has 0 heterocycles. The summed E-state index contributed by atoms with van der Waals surface area (Å²) in [6.07, 6.45) is 9.30. The van der Waals surface area contributed by atoms with Crippen LogP contribution in [0.25, 0.3) is 0 Å². The number of unbranched alkanes of at least 4 members (excludes halogenated alkanes) is 2. The first-order valence-electron chi connectivity index (χ1n) is 8.45. The maximum absolute atomic E-state index is 2.39. The first-order valence-corrected chi connectivity index (χ1v) is 10.6. The van der Waals surface area contributed by atoms with Crippen molar-refractivity contribution in [2.75, 3.05) is 0 Å². The maximum Gasteiger partial charge on any atom is -1.00 e. The first kappa shape index (κ1) is 26.7. The molecule has 0 spiro atoms. The molecule has 0 aliphatic heterocycles. The van der Waals surface area contributed by atoms with Crippen LogP contribution in [0.15, 0.2) is 50.6 Å². The standard InChI is InChI=1S/C19H27Si.3ClH.Ti/c1-3-5-7-11-17-15-19(14-16(17)10-4-2)20-18-12-8-6-9-13-18;;;;/h6,8-9,12-13H,3-5,7,10-11,15,20H2,1-2H3;3*1H;/q;;;;+3/p-3. The molecule has 0 saturated heterocycles. The average Bonchev–Trinajstić information content (AvgIpc) is 2.78. The molecule has 132 valence electrons. The van der Waals surface area contributed by atoms with Gasteiger partial charge >= 0.3 is 144 Å². The molecule has 0 aromatic heterocycles. The molecule has 5 heteroatoms. The summed E-state index contributed by atoms with van der Waals surface area (Å²) in [6, 6.07) is 11.2. The van der Waals surface area contributed by atoms with Crippen LogP contribution in [0.2, 0.25) is 0 Å². The molecule has 0 amide bonds. The van der Waals surface area contributed by atoms with Gasteiger partial charge in [0.25, 0.3) is 0 Å². The molecule has 0 saturated carbocycles. The molecule has 0 nitrogen and oxygen atoms in total. The van der Waals surface area contributed by atoms with Crippen LogP contribution in [0.3, 0.4) is 0 Å². The Balaban J connectivity index is 0. The van der Waals surface area contributed by atoms with E-state index in [9.17, 15) is 0 Å². The van der Waals surface area contributed by atoms with Crippen molar-refractivity contribution < 1.29 is 57.7 Å². The summed E-state index contributed by atoms with van der Waals surface area (Å²) in [6.45, 7) is 4.61. The van der Waals surface area contributed by atoms with E-state index in [0.29, 0.717) is 0 Å². The van der Waals surface area contributed by atoms with Crippen LogP contribution in [-0.4, -0.2) is 9.52 Å². The third-order valence-corrected chi connectivity index (χ3v) is 7.84. The van der Waals surface area contributed by atoms with E-state index in [2.05, 4.69) is 64.6 Å². The van der Waals surface area contributed by atoms with E-state index < -0.39 is 0 Å². The number of allylic oxidation sites excluding steroid dienone is 4. The monoisotopic (exact) mass is 436 g/mol. The number of rotatable bonds is 8. The Hall–Kier alpha value is 0.501. The van der Waals surface area contributed by atoms with Crippen LogP contribution in [0.4, 0.5) is 0 Å². The summed E-state index contributed by atoms with van der Waals surface area (Å²) < 4.78 is 1.67. The van der Waals surface area contributed by atoms with Gasteiger partial charge in [0.2, 0.25) is 0 Å². The zero-order valence-corrected chi connectivity index (χ0v) is 19.9. The van der Waals surface area contributed by atoms with Gasteiger partial charge in [-0.05, 0) is 0 Å². The fourth-order valence-electron chi connectivity index (χ4n) is 3.22. The van der Waals surface area contributed by atoms with E-state index in [1.165, 1.54) is 44.9 Å². The SMILES string of the molecule is CCCCCC1=C(CCC)[C]([Ti+3])=C([SiH2]c2ccccc2)C1.[Cl-].[Cl-].[Cl-]. The van der Waals surface area contributed by atoms with Crippen molar-refractivity contribution in [3.05, 3.63) is 50.6 Å². The van der Waals surface area contributed by atoms with Gasteiger partial charge in [0, 0.05) is 0 Å². The predicted octanol–water partition coefficient (Wildman–Crippen LogP) is -4.67. The second-order valence-electron chi connectivity index (χ2n) is 6.11. The molecule has 2 rings (SSSR count). The van der Waals surface area contributed by atoms with Crippen LogP contribution in [0, 0.1) is 0 Å². The molecule has 0 fully saturated rings. The van der Waals surface area contributed by atoms with Gasteiger partial charge in [0.05, 0.1) is 0 Å². The molecular formula is C19H27Cl3SiTi. The Bertz CT molecular complexity index is 527. The average molecular weight is 438 g/mol. The van der Waals surface area contributed by atoms with Crippen LogP contribution in [0.5, 0.6) is 0 Å². The molecule has 1 aliphatic carbocycles. The van der Waals surface area contributed by atoms with Gasteiger partial charge in [-0.3, -0.25) is 0 Å². The van der Waals surface area contributed by atoms with Gasteiger partial charge in [-0.1, -0.05) is 0 Å². The topological polar surface area (TPSA) is 0 Å². The smallest absolute Gasteiger partial charge is 1.00 e. The van der Waals surface area contributed by atoms with Crippen molar-refractivity contribution in [2.24, 2.45) is 0 Å². The molecule has 1 aromatic rings. The fourth-order valence-corrected chi connectivity index (χ4v) is 6.06. The van der Waals surface area contributed by atoms with Gasteiger partial charge in [0.1, 0.15) is 0 Å². The fraction of sp³-hybridized carbons (Fsp3) is 0.474. The molecular weight excluding hydrogens is 411 g/mol. The van der Waals surface area contributed by atoms with Crippen molar-refractivity contribution in [1.82, 2.24) is 0 Å². The van der Waals surface area contributed by atoms with Crippen LogP contribution >= 0.6 is 0 Å². The van der Waals surface area contributed by atoms with Crippen molar-refractivity contribution >= 4 is 14.7 Å². The summed E-state index contributed by atoms with van der Waals surface area (Å²) in [5.41, 5.74) is 3.51. The van der Waals surface area contributed by atoms with E-state index >= 15 is 0 Å². The summed E-state index contributed by atoms with van der Waals surface area (Å²) in [4.78, 5) is 0. The Morgan fingerprint density at radius 3 is 2.17 bits per heavy atom. The molecule has 0 N–H and O–H groups in total. The minimum atomic E-state index is -0.254. The Morgan fingerprint density at radius 2 is 1.58 bits per heavy atom. The second kappa shape index (κ2) is 14.6. The van der Waals surface area contributed by atoms with Gasteiger partial charge in [-0.25, -0.2) is 0 Å². The molecule has 0 radical (unpaired) electrons. The van der Waals surface area contributed by atoms with Crippen LogP contribution in [-0.2, 0) is 20.4 Å². The summed E-state index contributed by atoms with van der Waals surface area (Å²) in [7, 11) is -0.254. The Labute approximate surface area is 180 Å². The van der Waals surface area contributed by atoms with Gasteiger partial charge in [-0.15, -0.1) is 0 Å². The van der Waals surface area contributed by atoms with E-state index in [1.54, 1.807) is 25.4 Å². The van der Waals surface area contributed by atoms with Crippen LogP contribution < -0.4 is 42.4 Å². The van der Waals surface area contributed by atoms with E-state index in [4.69, 9.17) is 0 Å². The molecule has 0 atom stereocenters. The molecule has 0 bridgehead atoms. The van der Waals surface area contributed by atoms with E-state index in [0.717, 1.165) is 0 Å². The molecule has 1 aliphatic rings. The summed E-state index contributed by atoms with van der Waals surface area (Å²) in [5, 5.41) is 3.40. The van der Waals surface area contributed by atoms with Gasteiger partial charge in [0.15, 0.2) is 0 Å². The zero-order chi connectivity index (χ0) is 15.1. The minimum Gasteiger partial charge on any atom is -1.00 e. The normalized spacial score (nSPS) is 13.8. The molecule has 1 aromatic carbocycles. The predicted molar refractivity (Wildman–Crippen MR) is 92.3 cm³/mol. The first-order chi connectivity index (χ1) is 10.3. The van der Waals surface area contributed by atoms with Gasteiger partial charge in [-0.2, -0.15) is 0 Å². The molecule has 24 heavy (non-hydrogen) atoms. The zero-order valence-electron chi connectivity index (χ0n) is 14.7. The largest absolute Gasteiger partial charge is 1.00 e. The van der Waals surface area contributed by atoms with E-state index in [-0.39, 0.29) is 46.7 Å². The maximum atomic E-state index is 2.39. The Morgan fingerprint density at radius 1 is 0.917 bits per heavy atom. The van der Waals surface area contributed by atoms with Crippen molar-refractivity contribution in [3.63, 3.8) is 0 Å². The van der Waals surface area contributed by atoms with Crippen molar-refractivity contribution in [1.29, 1.82) is 0 Å². The number of hydrogen-bond donors (Lipinski definition) is 0. The second-order valence-corrected chi connectivity index (χ2v) is 8.91. The number of hydrogen-bond acceptors (Lipinski definition) is 0.